The lowest BCUT2D eigenvalue weighted by Gasteiger charge is -2.12. The van der Waals surface area contributed by atoms with Crippen molar-refractivity contribution in [1.82, 2.24) is 15.3 Å². The molecule has 0 radical (unpaired) electrons. The molecule has 0 saturated carbocycles. The van der Waals surface area contributed by atoms with E-state index in [9.17, 15) is 18.0 Å². The Bertz CT molecular complexity index is 665. The zero-order chi connectivity index (χ0) is 15.6. The molecule has 1 N–H and O–H groups in total. The van der Waals surface area contributed by atoms with E-state index in [4.69, 9.17) is 4.42 Å². The van der Waals surface area contributed by atoms with Crippen molar-refractivity contribution < 1.29 is 22.4 Å². The second-order valence-electron chi connectivity index (χ2n) is 4.35. The number of amides is 1. The van der Waals surface area contributed by atoms with Crippen LogP contribution >= 0.6 is 0 Å². The molecular formula is C13H12F3N3O2. The van der Waals surface area contributed by atoms with E-state index >= 15 is 0 Å². The molecule has 0 unspecified atom stereocenters. The molecule has 5 nitrogen and oxygen atoms in total. The maximum Gasteiger partial charge on any atom is 0.418 e. The standard InChI is InChI=1S/C13H12F3N3O2/c1-7-11(19-8(2)21-7)12(20)18-5-9-3-4-17-6-10(9)13(14,15)16/h3-4,6H,5H2,1-2H3,(H,18,20). The first kappa shape index (κ1) is 15.0. The minimum Gasteiger partial charge on any atom is -0.445 e. The van der Waals surface area contributed by atoms with Gasteiger partial charge in [-0.2, -0.15) is 13.2 Å². The number of oxazole rings is 1. The van der Waals surface area contributed by atoms with Crippen LogP contribution in [0, 0.1) is 13.8 Å². The molecule has 2 heterocycles. The van der Waals surface area contributed by atoms with Gasteiger partial charge in [-0.3, -0.25) is 9.78 Å². The molecule has 0 fully saturated rings. The van der Waals surface area contributed by atoms with Crippen LogP contribution in [0.2, 0.25) is 0 Å². The van der Waals surface area contributed by atoms with Crippen LogP contribution in [0.4, 0.5) is 13.2 Å². The van der Waals surface area contributed by atoms with Gasteiger partial charge in [0.05, 0.1) is 5.56 Å². The highest BCUT2D eigenvalue weighted by Gasteiger charge is 2.33. The van der Waals surface area contributed by atoms with Gasteiger partial charge in [0.2, 0.25) is 0 Å². The highest BCUT2D eigenvalue weighted by molar-refractivity contribution is 5.93. The fourth-order valence-electron chi connectivity index (χ4n) is 1.83. The number of halogens is 3. The number of carbonyl (C=O) groups is 1. The molecule has 0 aliphatic carbocycles. The number of pyridine rings is 1. The zero-order valence-electron chi connectivity index (χ0n) is 11.3. The molecule has 8 heteroatoms. The van der Waals surface area contributed by atoms with E-state index in [2.05, 4.69) is 15.3 Å². The van der Waals surface area contributed by atoms with Crippen molar-refractivity contribution in [3.63, 3.8) is 0 Å². The van der Waals surface area contributed by atoms with Crippen molar-refractivity contribution >= 4 is 5.91 Å². The van der Waals surface area contributed by atoms with Gasteiger partial charge >= 0.3 is 6.18 Å². The number of carbonyl (C=O) groups excluding carboxylic acids is 1. The molecular weight excluding hydrogens is 287 g/mol. The van der Waals surface area contributed by atoms with Crippen molar-refractivity contribution in [2.24, 2.45) is 0 Å². The lowest BCUT2D eigenvalue weighted by molar-refractivity contribution is -0.138. The van der Waals surface area contributed by atoms with Gasteiger partial charge in [0, 0.05) is 25.9 Å². The van der Waals surface area contributed by atoms with Gasteiger partial charge in [-0.25, -0.2) is 4.98 Å². The Morgan fingerprint density at radius 3 is 2.67 bits per heavy atom. The molecule has 1 amide bonds. The lowest BCUT2D eigenvalue weighted by atomic mass is 10.1. The summed E-state index contributed by atoms with van der Waals surface area (Å²) in [4.78, 5) is 19.2. The highest BCUT2D eigenvalue weighted by Crippen LogP contribution is 2.31. The predicted octanol–water partition coefficient (Wildman–Crippen LogP) is 2.64. The van der Waals surface area contributed by atoms with Crippen molar-refractivity contribution in [1.29, 1.82) is 0 Å². The average molecular weight is 299 g/mol. The molecule has 2 aromatic rings. The Morgan fingerprint density at radius 2 is 2.10 bits per heavy atom. The third-order valence-corrected chi connectivity index (χ3v) is 2.77. The summed E-state index contributed by atoms with van der Waals surface area (Å²) in [5, 5.41) is 2.39. The van der Waals surface area contributed by atoms with Crippen LogP contribution in [0.3, 0.4) is 0 Å². The summed E-state index contributed by atoms with van der Waals surface area (Å²) >= 11 is 0. The van der Waals surface area contributed by atoms with Crippen molar-refractivity contribution in [3.8, 4) is 0 Å². The molecule has 2 aromatic heterocycles. The van der Waals surface area contributed by atoms with Crippen LogP contribution in [0.25, 0.3) is 0 Å². The van der Waals surface area contributed by atoms with Gasteiger partial charge in [-0.15, -0.1) is 0 Å². The van der Waals surface area contributed by atoms with Crippen LogP contribution in [-0.4, -0.2) is 15.9 Å². The number of hydrogen-bond acceptors (Lipinski definition) is 4. The minimum absolute atomic E-state index is 0.0649. The van der Waals surface area contributed by atoms with E-state index in [0.717, 1.165) is 6.20 Å². The number of hydrogen-bond donors (Lipinski definition) is 1. The van der Waals surface area contributed by atoms with Crippen LogP contribution in [0.1, 0.15) is 33.3 Å². The first-order valence-corrected chi connectivity index (χ1v) is 6.01. The monoisotopic (exact) mass is 299 g/mol. The molecule has 21 heavy (non-hydrogen) atoms. The number of nitrogens with zero attached hydrogens (tertiary/aromatic N) is 2. The van der Waals surface area contributed by atoms with Gasteiger partial charge in [-0.1, -0.05) is 0 Å². The van der Waals surface area contributed by atoms with E-state index in [-0.39, 0.29) is 17.8 Å². The number of aryl methyl sites for hydroxylation is 2. The Hall–Kier alpha value is -2.38. The van der Waals surface area contributed by atoms with Gasteiger partial charge in [-0.05, 0) is 18.6 Å². The highest BCUT2D eigenvalue weighted by atomic mass is 19.4. The maximum atomic E-state index is 12.8. The molecule has 0 aromatic carbocycles. The minimum atomic E-state index is -4.52. The Labute approximate surface area is 118 Å². The maximum absolute atomic E-state index is 12.8. The zero-order valence-corrected chi connectivity index (χ0v) is 11.3. The second-order valence-corrected chi connectivity index (χ2v) is 4.35. The van der Waals surface area contributed by atoms with E-state index in [1.807, 2.05) is 0 Å². The Morgan fingerprint density at radius 1 is 1.38 bits per heavy atom. The third-order valence-electron chi connectivity index (χ3n) is 2.77. The van der Waals surface area contributed by atoms with Crippen LogP contribution in [-0.2, 0) is 12.7 Å². The summed E-state index contributed by atoms with van der Waals surface area (Å²) in [7, 11) is 0. The molecule has 0 saturated heterocycles. The summed E-state index contributed by atoms with van der Waals surface area (Å²) < 4.78 is 43.5. The lowest BCUT2D eigenvalue weighted by Crippen LogP contribution is -2.25. The fourth-order valence-corrected chi connectivity index (χ4v) is 1.83. The van der Waals surface area contributed by atoms with Gasteiger partial charge in [0.25, 0.3) is 5.91 Å². The summed E-state index contributed by atoms with van der Waals surface area (Å²) in [5.41, 5.74) is -0.878. The quantitative estimate of drug-likeness (QED) is 0.946. The first-order valence-electron chi connectivity index (χ1n) is 6.01. The van der Waals surface area contributed by atoms with Crippen LogP contribution in [0.15, 0.2) is 22.9 Å². The Balaban J connectivity index is 2.14. The van der Waals surface area contributed by atoms with Crippen LogP contribution in [0.5, 0.6) is 0 Å². The topological polar surface area (TPSA) is 68.0 Å². The van der Waals surface area contributed by atoms with Crippen molar-refractivity contribution in [2.45, 2.75) is 26.6 Å². The number of nitrogens with one attached hydrogen (secondary N) is 1. The Kier molecular flexibility index (Phi) is 3.97. The second kappa shape index (κ2) is 5.55. The summed E-state index contributed by atoms with van der Waals surface area (Å²) in [5.74, 6) is 0.0441. The largest absolute Gasteiger partial charge is 0.445 e. The summed E-state index contributed by atoms with van der Waals surface area (Å²) in [6.07, 6.45) is -2.55. The first-order chi connectivity index (χ1) is 9.79. The molecule has 0 aliphatic rings. The fraction of sp³-hybridized carbons (Fsp3) is 0.308. The SMILES string of the molecule is Cc1nc(C(=O)NCc2ccncc2C(F)(F)F)c(C)o1. The van der Waals surface area contributed by atoms with E-state index in [0.29, 0.717) is 11.7 Å². The van der Waals surface area contributed by atoms with Gasteiger partial charge in [0.15, 0.2) is 11.6 Å². The number of aromatic nitrogens is 2. The molecule has 0 aliphatic heterocycles. The van der Waals surface area contributed by atoms with Crippen LogP contribution < -0.4 is 5.32 Å². The van der Waals surface area contributed by atoms with Gasteiger partial charge < -0.3 is 9.73 Å². The number of rotatable bonds is 3. The van der Waals surface area contributed by atoms with E-state index in [1.165, 1.54) is 12.3 Å². The smallest absolute Gasteiger partial charge is 0.418 e. The van der Waals surface area contributed by atoms with Gasteiger partial charge in [0.1, 0.15) is 5.76 Å². The third kappa shape index (κ3) is 3.39. The number of alkyl halides is 3. The molecule has 0 atom stereocenters. The molecule has 0 spiro atoms. The summed E-state index contributed by atoms with van der Waals surface area (Å²) in [6.45, 7) is 2.86. The predicted molar refractivity (Wildman–Crippen MR) is 66.4 cm³/mol. The van der Waals surface area contributed by atoms with Crippen molar-refractivity contribution in [3.05, 3.63) is 46.9 Å². The van der Waals surface area contributed by atoms with E-state index in [1.54, 1.807) is 13.8 Å². The normalized spacial score (nSPS) is 11.5. The van der Waals surface area contributed by atoms with Crippen molar-refractivity contribution in [2.75, 3.05) is 0 Å². The molecule has 0 bridgehead atoms. The molecule has 112 valence electrons. The summed E-state index contributed by atoms with van der Waals surface area (Å²) in [6, 6.07) is 1.21. The molecule has 2 rings (SSSR count). The average Bonchev–Trinajstić information content (AvgIpc) is 2.74. The van der Waals surface area contributed by atoms with E-state index < -0.39 is 17.6 Å².